The molecule has 0 aromatic heterocycles. The van der Waals surface area contributed by atoms with Gasteiger partial charge < -0.3 is 24.3 Å². The fourth-order valence-corrected chi connectivity index (χ4v) is 2.30. The molecule has 0 aliphatic carbocycles. The van der Waals surface area contributed by atoms with Gasteiger partial charge in [0.05, 0.1) is 26.2 Å². The van der Waals surface area contributed by atoms with Gasteiger partial charge in [0.2, 0.25) is 0 Å². The van der Waals surface area contributed by atoms with Crippen LogP contribution in [0.15, 0.2) is 12.1 Å². The number of fused-ring (bicyclic) bond motifs is 1. The monoisotopic (exact) mass is 266 g/mol. The van der Waals surface area contributed by atoms with Crippen molar-refractivity contribution in [1.82, 2.24) is 0 Å². The van der Waals surface area contributed by atoms with Crippen LogP contribution in [0.4, 0.5) is 0 Å². The molecular weight excluding hydrogens is 251 g/mol. The van der Waals surface area contributed by atoms with Crippen LogP contribution in [0, 0.1) is 0 Å². The van der Waals surface area contributed by atoms with Crippen molar-refractivity contribution in [3.63, 3.8) is 0 Å². The molecule has 102 valence electrons. The molecule has 0 saturated heterocycles. The molecule has 0 saturated carbocycles. The SMILES string of the molecule is COCc1cc(OC)cc2c1C(CC(=O)O)OB2O. The second-order valence-electron chi connectivity index (χ2n) is 4.30. The number of benzene rings is 1. The Labute approximate surface area is 111 Å². The molecular formula is C12H15BO6. The summed E-state index contributed by atoms with van der Waals surface area (Å²) in [4.78, 5) is 10.8. The van der Waals surface area contributed by atoms with E-state index in [0.717, 1.165) is 5.56 Å². The quantitative estimate of drug-likeness (QED) is 0.734. The second-order valence-corrected chi connectivity index (χ2v) is 4.30. The highest BCUT2D eigenvalue weighted by Gasteiger charge is 2.38. The van der Waals surface area contributed by atoms with Crippen LogP contribution in [0.5, 0.6) is 5.75 Å². The molecule has 19 heavy (non-hydrogen) atoms. The van der Waals surface area contributed by atoms with E-state index in [4.69, 9.17) is 19.2 Å². The van der Waals surface area contributed by atoms with Crippen LogP contribution in [0.3, 0.4) is 0 Å². The van der Waals surface area contributed by atoms with Crippen molar-refractivity contribution in [3.8, 4) is 5.75 Å². The highest BCUT2D eigenvalue weighted by Crippen LogP contribution is 2.32. The van der Waals surface area contributed by atoms with Gasteiger partial charge in [0.15, 0.2) is 0 Å². The summed E-state index contributed by atoms with van der Waals surface area (Å²) in [5.74, 6) is -0.409. The van der Waals surface area contributed by atoms with E-state index < -0.39 is 19.2 Å². The van der Waals surface area contributed by atoms with E-state index in [1.165, 1.54) is 7.11 Å². The van der Waals surface area contributed by atoms with Gasteiger partial charge in [0.25, 0.3) is 0 Å². The minimum Gasteiger partial charge on any atom is -0.497 e. The van der Waals surface area contributed by atoms with Gasteiger partial charge in [-0.05, 0) is 28.7 Å². The number of ether oxygens (including phenoxy) is 2. The largest absolute Gasteiger partial charge is 0.497 e. The number of rotatable bonds is 5. The molecule has 2 rings (SSSR count). The third kappa shape index (κ3) is 2.73. The minimum atomic E-state index is -1.13. The maximum Gasteiger partial charge on any atom is 0.492 e. The van der Waals surface area contributed by atoms with Crippen LogP contribution in [0.2, 0.25) is 0 Å². The van der Waals surface area contributed by atoms with Crippen molar-refractivity contribution in [2.24, 2.45) is 0 Å². The number of hydrogen-bond acceptors (Lipinski definition) is 5. The molecule has 0 fully saturated rings. The van der Waals surface area contributed by atoms with Crippen molar-refractivity contribution < 1.29 is 29.1 Å². The third-order valence-corrected chi connectivity index (χ3v) is 3.05. The first-order chi connectivity index (χ1) is 9.06. The summed E-state index contributed by atoms with van der Waals surface area (Å²) in [5.41, 5.74) is 1.98. The van der Waals surface area contributed by atoms with Crippen LogP contribution >= 0.6 is 0 Å². The summed E-state index contributed by atoms with van der Waals surface area (Å²) >= 11 is 0. The second kappa shape index (κ2) is 5.60. The van der Waals surface area contributed by atoms with Crippen molar-refractivity contribution in [1.29, 1.82) is 0 Å². The van der Waals surface area contributed by atoms with Gasteiger partial charge in [-0.25, -0.2) is 0 Å². The minimum absolute atomic E-state index is 0.201. The average molecular weight is 266 g/mol. The van der Waals surface area contributed by atoms with Gasteiger partial charge in [-0.2, -0.15) is 0 Å². The van der Waals surface area contributed by atoms with E-state index in [-0.39, 0.29) is 6.42 Å². The summed E-state index contributed by atoms with van der Waals surface area (Å²) in [6.45, 7) is 0.297. The Balaban J connectivity index is 2.46. The Hall–Kier alpha value is -1.57. The molecule has 1 aliphatic heterocycles. The maximum atomic E-state index is 10.8. The summed E-state index contributed by atoms with van der Waals surface area (Å²) in [6, 6.07) is 3.42. The van der Waals surface area contributed by atoms with E-state index in [0.29, 0.717) is 23.4 Å². The first-order valence-corrected chi connectivity index (χ1v) is 5.81. The van der Waals surface area contributed by atoms with E-state index in [9.17, 15) is 9.82 Å². The lowest BCUT2D eigenvalue weighted by atomic mass is 9.77. The Morgan fingerprint density at radius 1 is 1.47 bits per heavy atom. The zero-order chi connectivity index (χ0) is 14.0. The van der Waals surface area contributed by atoms with Crippen LogP contribution < -0.4 is 10.2 Å². The van der Waals surface area contributed by atoms with Gasteiger partial charge in [-0.3, -0.25) is 4.79 Å². The van der Waals surface area contributed by atoms with E-state index >= 15 is 0 Å². The third-order valence-electron chi connectivity index (χ3n) is 3.05. The standard InChI is InChI=1S/C12H15BO6/c1-17-6-7-3-8(18-2)4-9-12(7)10(5-11(14)15)19-13(9)16/h3-4,10,16H,5-6H2,1-2H3,(H,14,15). The Morgan fingerprint density at radius 2 is 2.21 bits per heavy atom. The molecule has 2 N–H and O–H groups in total. The lowest BCUT2D eigenvalue weighted by Gasteiger charge is -2.15. The zero-order valence-electron chi connectivity index (χ0n) is 10.8. The van der Waals surface area contributed by atoms with E-state index in [1.807, 2.05) is 0 Å². The Morgan fingerprint density at radius 3 is 2.79 bits per heavy atom. The smallest absolute Gasteiger partial charge is 0.492 e. The number of hydrogen-bond donors (Lipinski definition) is 2. The van der Waals surface area contributed by atoms with Gasteiger partial charge in [0, 0.05) is 7.11 Å². The normalized spacial score (nSPS) is 17.4. The average Bonchev–Trinajstić information content (AvgIpc) is 2.66. The van der Waals surface area contributed by atoms with Crippen LogP contribution in [0.1, 0.15) is 23.7 Å². The molecule has 1 heterocycles. The topological polar surface area (TPSA) is 85.2 Å². The number of carboxylic acid groups (broad SMARTS) is 1. The van der Waals surface area contributed by atoms with Crippen molar-refractivity contribution in [2.75, 3.05) is 14.2 Å². The van der Waals surface area contributed by atoms with Crippen LogP contribution in [-0.4, -0.2) is 37.4 Å². The number of aliphatic carboxylic acids is 1. The first kappa shape index (κ1) is 13.9. The molecule has 0 spiro atoms. The Bertz CT molecular complexity index is 489. The predicted molar refractivity (Wildman–Crippen MR) is 67.4 cm³/mol. The lowest BCUT2D eigenvalue weighted by Crippen LogP contribution is -2.28. The van der Waals surface area contributed by atoms with Gasteiger partial charge in [-0.15, -0.1) is 0 Å². The van der Waals surface area contributed by atoms with Gasteiger partial charge in [-0.1, -0.05) is 0 Å². The molecule has 0 bridgehead atoms. The molecule has 1 aliphatic rings. The molecule has 1 atom stereocenters. The van der Waals surface area contributed by atoms with Crippen molar-refractivity contribution >= 4 is 18.6 Å². The molecule has 1 aromatic carbocycles. The zero-order valence-corrected chi connectivity index (χ0v) is 10.8. The summed E-state index contributed by atoms with van der Waals surface area (Å²) in [5, 5.41) is 18.8. The molecule has 1 aromatic rings. The van der Waals surface area contributed by atoms with Crippen molar-refractivity contribution in [3.05, 3.63) is 23.3 Å². The van der Waals surface area contributed by atoms with Crippen LogP contribution in [-0.2, 0) is 20.8 Å². The van der Waals surface area contributed by atoms with Gasteiger partial charge in [0.1, 0.15) is 5.75 Å². The van der Waals surface area contributed by atoms with Crippen molar-refractivity contribution in [2.45, 2.75) is 19.1 Å². The summed E-state index contributed by atoms with van der Waals surface area (Å²) < 4.78 is 15.5. The number of carbonyl (C=O) groups is 1. The number of methoxy groups -OCH3 is 2. The Kier molecular flexibility index (Phi) is 4.09. The molecule has 0 radical (unpaired) electrons. The lowest BCUT2D eigenvalue weighted by molar-refractivity contribution is -0.138. The van der Waals surface area contributed by atoms with Gasteiger partial charge >= 0.3 is 13.1 Å². The van der Waals surface area contributed by atoms with E-state index in [2.05, 4.69) is 0 Å². The molecule has 7 heteroatoms. The molecule has 1 unspecified atom stereocenters. The molecule has 6 nitrogen and oxygen atoms in total. The fraction of sp³-hybridized carbons (Fsp3) is 0.417. The fourth-order valence-electron chi connectivity index (χ4n) is 2.30. The van der Waals surface area contributed by atoms with Crippen LogP contribution in [0.25, 0.3) is 0 Å². The first-order valence-electron chi connectivity index (χ1n) is 5.81. The maximum absolute atomic E-state index is 10.8. The number of carboxylic acids is 1. The summed E-state index contributed by atoms with van der Waals surface area (Å²) in [7, 11) is 1.93. The predicted octanol–water partition coefficient (Wildman–Crippen LogP) is 0.0751. The highest BCUT2D eigenvalue weighted by atomic mass is 16.5. The molecule has 0 amide bonds. The highest BCUT2D eigenvalue weighted by molar-refractivity contribution is 6.62. The van der Waals surface area contributed by atoms with E-state index in [1.54, 1.807) is 19.2 Å². The summed E-state index contributed by atoms with van der Waals surface area (Å²) in [6.07, 6.45) is -0.869.